The molecular weight excluding hydrogens is 483 g/mol. The molecule has 2 heterocycles. The van der Waals surface area contributed by atoms with E-state index in [4.69, 9.17) is 26.2 Å². The minimum absolute atomic E-state index is 0.101. The zero-order valence-corrected chi connectivity index (χ0v) is 20.7. The van der Waals surface area contributed by atoms with Crippen LogP contribution in [-0.4, -0.2) is 46.3 Å². The van der Waals surface area contributed by atoms with Crippen molar-refractivity contribution in [2.75, 3.05) is 7.11 Å². The molecule has 1 aliphatic heterocycles. The summed E-state index contributed by atoms with van der Waals surface area (Å²) >= 11 is 6.48. The molecule has 8 heteroatoms. The normalized spacial score (nSPS) is 22.1. The van der Waals surface area contributed by atoms with Gasteiger partial charge in [0.15, 0.2) is 12.1 Å². The summed E-state index contributed by atoms with van der Waals surface area (Å²) in [6.07, 6.45) is -1.06. The number of Topliss-reactive ketones (excluding diaryl/α,β-unsaturated/α-hetero) is 1. The van der Waals surface area contributed by atoms with Crippen LogP contribution in [0, 0.1) is 11.7 Å². The number of ether oxygens (including phenoxy) is 2. The number of benzene rings is 3. The van der Waals surface area contributed by atoms with Crippen molar-refractivity contribution in [3.8, 4) is 16.9 Å². The molecule has 0 spiro atoms. The van der Waals surface area contributed by atoms with Crippen molar-refractivity contribution in [3.63, 3.8) is 0 Å². The summed E-state index contributed by atoms with van der Waals surface area (Å²) < 4.78 is 26.2. The summed E-state index contributed by atoms with van der Waals surface area (Å²) in [5, 5.41) is 16.8. The van der Waals surface area contributed by atoms with Crippen LogP contribution in [-0.2, 0) is 9.47 Å². The SMILES string of the molecule is CO[C@@H]1C[C@H](CC(=O)c2ccc3c(-c4ccccc4Cl)nn(-c4ccc(F)cc4)c3c2)[C@H](O)[C@H](C)O1. The van der Waals surface area contributed by atoms with Gasteiger partial charge in [-0.15, -0.1) is 0 Å². The Kier molecular flexibility index (Phi) is 6.90. The average molecular weight is 509 g/mol. The Morgan fingerprint density at radius 1 is 1.19 bits per heavy atom. The monoisotopic (exact) mass is 508 g/mol. The molecule has 1 N–H and O–H groups in total. The van der Waals surface area contributed by atoms with Gasteiger partial charge < -0.3 is 14.6 Å². The van der Waals surface area contributed by atoms with Crippen LogP contribution in [0.4, 0.5) is 4.39 Å². The summed E-state index contributed by atoms with van der Waals surface area (Å²) in [6, 6.07) is 18.8. The van der Waals surface area contributed by atoms with Gasteiger partial charge in [0.1, 0.15) is 11.5 Å². The molecule has 5 rings (SSSR count). The minimum Gasteiger partial charge on any atom is -0.390 e. The van der Waals surface area contributed by atoms with Crippen molar-refractivity contribution in [2.45, 2.75) is 38.3 Å². The van der Waals surface area contributed by atoms with Crippen LogP contribution in [0.25, 0.3) is 27.8 Å². The predicted molar refractivity (Wildman–Crippen MR) is 136 cm³/mol. The summed E-state index contributed by atoms with van der Waals surface area (Å²) in [5.41, 5.74) is 3.26. The Balaban J connectivity index is 1.56. The van der Waals surface area contributed by atoms with Crippen LogP contribution in [0.3, 0.4) is 0 Å². The van der Waals surface area contributed by atoms with E-state index in [1.54, 1.807) is 49.0 Å². The van der Waals surface area contributed by atoms with E-state index < -0.39 is 18.5 Å². The van der Waals surface area contributed by atoms with Gasteiger partial charge in [0.2, 0.25) is 0 Å². The number of carbonyl (C=O) groups excluding carboxylic acids is 1. The molecule has 0 saturated carbocycles. The third-order valence-electron chi connectivity index (χ3n) is 6.74. The first-order valence-corrected chi connectivity index (χ1v) is 12.2. The lowest BCUT2D eigenvalue weighted by atomic mass is 9.86. The number of ketones is 1. The standard InChI is InChI=1S/C28H26ClFN2O4/c1-16-28(34)18(15-26(35-2)36-16)14-25(33)17-7-12-22-24(13-17)32(20-10-8-19(30)9-11-20)31-27(22)21-5-3-4-6-23(21)29/h3-13,16,18,26,28,34H,14-15H2,1-2H3/t16-,18-,26-,28+/m0/s1. The van der Waals surface area contributed by atoms with Gasteiger partial charge in [-0.1, -0.05) is 35.9 Å². The third kappa shape index (κ3) is 4.67. The van der Waals surface area contributed by atoms with Crippen molar-refractivity contribution in [2.24, 2.45) is 5.92 Å². The van der Waals surface area contributed by atoms with E-state index in [1.807, 2.05) is 24.3 Å². The molecular formula is C28H26ClFN2O4. The van der Waals surface area contributed by atoms with Gasteiger partial charge in [0.05, 0.1) is 28.4 Å². The van der Waals surface area contributed by atoms with E-state index in [0.29, 0.717) is 33.9 Å². The number of nitrogens with zero attached hydrogens (tertiary/aromatic N) is 2. The quantitative estimate of drug-likeness (QED) is 0.332. The zero-order chi connectivity index (χ0) is 25.4. The van der Waals surface area contributed by atoms with E-state index in [1.165, 1.54) is 12.1 Å². The van der Waals surface area contributed by atoms with Crippen LogP contribution in [0.5, 0.6) is 0 Å². The van der Waals surface area contributed by atoms with Gasteiger partial charge in [0.25, 0.3) is 0 Å². The molecule has 1 saturated heterocycles. The Bertz CT molecular complexity index is 1400. The Labute approximate surface area is 213 Å². The largest absolute Gasteiger partial charge is 0.390 e. The first-order chi connectivity index (χ1) is 17.4. The number of carbonyl (C=O) groups is 1. The number of fused-ring (bicyclic) bond motifs is 1. The average Bonchev–Trinajstić information content (AvgIpc) is 3.26. The predicted octanol–water partition coefficient (Wildman–Crippen LogP) is 5.82. The molecule has 0 aliphatic carbocycles. The van der Waals surface area contributed by atoms with Crippen molar-refractivity contribution < 1.29 is 23.8 Å². The first-order valence-electron chi connectivity index (χ1n) is 11.8. The number of aliphatic hydroxyl groups excluding tert-OH is 1. The van der Waals surface area contributed by atoms with E-state index in [0.717, 1.165) is 10.9 Å². The lowest BCUT2D eigenvalue weighted by Crippen LogP contribution is -2.44. The van der Waals surface area contributed by atoms with Crippen molar-refractivity contribution >= 4 is 28.3 Å². The number of aromatic nitrogens is 2. The first kappa shape index (κ1) is 24.6. The molecule has 1 aromatic heterocycles. The van der Waals surface area contributed by atoms with Crippen LogP contribution < -0.4 is 0 Å². The molecule has 0 unspecified atom stereocenters. The lowest BCUT2D eigenvalue weighted by molar-refractivity contribution is -0.223. The molecule has 1 aliphatic rings. The Hall–Kier alpha value is -3.10. The molecule has 0 radical (unpaired) electrons. The van der Waals surface area contributed by atoms with Crippen molar-refractivity contribution in [3.05, 3.63) is 83.1 Å². The minimum atomic E-state index is -0.763. The van der Waals surface area contributed by atoms with Gasteiger partial charge in [0, 0.05) is 36.5 Å². The zero-order valence-electron chi connectivity index (χ0n) is 19.9. The van der Waals surface area contributed by atoms with Crippen LogP contribution in [0.1, 0.15) is 30.1 Å². The number of halogens is 2. The highest BCUT2D eigenvalue weighted by molar-refractivity contribution is 6.33. The van der Waals surface area contributed by atoms with E-state index in [-0.39, 0.29) is 23.9 Å². The van der Waals surface area contributed by atoms with Crippen molar-refractivity contribution in [1.82, 2.24) is 9.78 Å². The highest BCUT2D eigenvalue weighted by Gasteiger charge is 2.36. The molecule has 3 aromatic carbocycles. The number of aliphatic hydroxyl groups is 1. The molecule has 186 valence electrons. The topological polar surface area (TPSA) is 73.6 Å². The molecule has 6 nitrogen and oxygen atoms in total. The molecule has 4 atom stereocenters. The summed E-state index contributed by atoms with van der Waals surface area (Å²) in [7, 11) is 1.55. The third-order valence-corrected chi connectivity index (χ3v) is 7.07. The Morgan fingerprint density at radius 2 is 1.94 bits per heavy atom. The van der Waals surface area contributed by atoms with Crippen molar-refractivity contribution in [1.29, 1.82) is 0 Å². The fourth-order valence-corrected chi connectivity index (χ4v) is 5.00. The maximum Gasteiger partial charge on any atom is 0.163 e. The highest BCUT2D eigenvalue weighted by Crippen LogP contribution is 2.35. The van der Waals surface area contributed by atoms with E-state index in [2.05, 4.69) is 0 Å². The Morgan fingerprint density at radius 3 is 2.67 bits per heavy atom. The fraction of sp³-hybridized carbons (Fsp3) is 0.286. The van der Waals surface area contributed by atoms with Gasteiger partial charge >= 0.3 is 0 Å². The van der Waals surface area contributed by atoms with Crippen LogP contribution >= 0.6 is 11.6 Å². The highest BCUT2D eigenvalue weighted by atomic mass is 35.5. The van der Waals surface area contributed by atoms with E-state index in [9.17, 15) is 14.3 Å². The lowest BCUT2D eigenvalue weighted by Gasteiger charge is -2.37. The van der Waals surface area contributed by atoms with Crippen LogP contribution in [0.2, 0.25) is 5.02 Å². The molecule has 36 heavy (non-hydrogen) atoms. The van der Waals surface area contributed by atoms with Gasteiger partial charge in [-0.3, -0.25) is 4.79 Å². The smallest absolute Gasteiger partial charge is 0.163 e. The van der Waals surface area contributed by atoms with Gasteiger partial charge in [-0.05, 0) is 55.3 Å². The maximum absolute atomic E-state index is 13.6. The van der Waals surface area contributed by atoms with E-state index >= 15 is 0 Å². The molecule has 1 fully saturated rings. The number of hydrogen-bond donors (Lipinski definition) is 1. The second-order valence-corrected chi connectivity index (χ2v) is 9.48. The summed E-state index contributed by atoms with van der Waals surface area (Å²) in [5.74, 6) is -0.741. The second-order valence-electron chi connectivity index (χ2n) is 9.07. The molecule has 0 bridgehead atoms. The number of hydrogen-bond acceptors (Lipinski definition) is 5. The summed E-state index contributed by atoms with van der Waals surface area (Å²) in [6.45, 7) is 1.77. The molecule has 4 aromatic rings. The number of methoxy groups -OCH3 is 1. The van der Waals surface area contributed by atoms with Gasteiger partial charge in [-0.25, -0.2) is 9.07 Å². The summed E-state index contributed by atoms with van der Waals surface area (Å²) in [4.78, 5) is 13.3. The number of rotatable bonds is 6. The second kappa shape index (κ2) is 10.1. The van der Waals surface area contributed by atoms with Crippen LogP contribution in [0.15, 0.2) is 66.7 Å². The fourth-order valence-electron chi connectivity index (χ4n) is 4.78. The molecule has 0 amide bonds. The maximum atomic E-state index is 13.6. The van der Waals surface area contributed by atoms with Gasteiger partial charge in [-0.2, -0.15) is 5.10 Å².